The van der Waals surface area contributed by atoms with Crippen LogP contribution in [0.3, 0.4) is 0 Å². The van der Waals surface area contributed by atoms with Gasteiger partial charge in [0.05, 0.1) is 24.9 Å². The Bertz CT molecular complexity index is 475. The Labute approximate surface area is 113 Å². The van der Waals surface area contributed by atoms with Gasteiger partial charge in [-0.25, -0.2) is 0 Å². The summed E-state index contributed by atoms with van der Waals surface area (Å²) in [4.78, 5) is 0. The van der Waals surface area contributed by atoms with E-state index in [2.05, 4.69) is 19.9 Å². The predicted octanol–water partition coefficient (Wildman–Crippen LogP) is 1.36. The molecule has 2 heterocycles. The third-order valence-electron chi connectivity index (χ3n) is 6.37. The molecule has 2 N–H and O–H groups in total. The van der Waals surface area contributed by atoms with Crippen molar-refractivity contribution in [2.24, 2.45) is 10.8 Å². The molecule has 0 amide bonds. The average Bonchev–Trinajstić information content (AvgIpc) is 2.54. The van der Waals surface area contributed by atoms with E-state index in [1.807, 2.05) is 0 Å². The molecule has 2 saturated heterocycles. The highest BCUT2D eigenvalue weighted by Crippen LogP contribution is 2.69. The molecule has 0 radical (unpaired) electrons. The Kier molecular flexibility index (Phi) is 2.11. The van der Waals surface area contributed by atoms with Crippen molar-refractivity contribution in [3.63, 3.8) is 0 Å². The van der Waals surface area contributed by atoms with Gasteiger partial charge in [-0.1, -0.05) is 18.6 Å². The van der Waals surface area contributed by atoms with E-state index in [4.69, 9.17) is 9.47 Å². The first-order valence-electron chi connectivity index (χ1n) is 7.20. The lowest BCUT2D eigenvalue weighted by molar-refractivity contribution is -0.301. The standard InChI is InChI=1S/C15H22O4/c1-10-3-4-13-8-19-15(17)6-12(13,2)14(16,7-15)9-18-11(13)5-10/h5,11,16-17H,3-4,6-9H2,1-2H3/t11?,12-,13-,14-,15-/m1/s1. The van der Waals surface area contributed by atoms with E-state index in [0.29, 0.717) is 19.6 Å². The van der Waals surface area contributed by atoms with Gasteiger partial charge in [0, 0.05) is 23.7 Å². The Morgan fingerprint density at radius 2 is 2.05 bits per heavy atom. The molecule has 0 aromatic carbocycles. The van der Waals surface area contributed by atoms with Gasteiger partial charge in [-0.05, 0) is 19.8 Å². The number of ether oxygens (including phenoxy) is 2. The molecule has 1 saturated carbocycles. The zero-order valence-corrected chi connectivity index (χ0v) is 11.6. The van der Waals surface area contributed by atoms with Crippen LogP contribution in [0.25, 0.3) is 0 Å². The number of fused-ring (bicyclic) bond motifs is 1. The number of hydrogen-bond donors (Lipinski definition) is 2. The van der Waals surface area contributed by atoms with Crippen molar-refractivity contribution in [2.75, 3.05) is 13.2 Å². The van der Waals surface area contributed by atoms with Gasteiger partial charge in [-0.2, -0.15) is 0 Å². The predicted molar refractivity (Wildman–Crippen MR) is 68.4 cm³/mol. The van der Waals surface area contributed by atoms with Crippen molar-refractivity contribution in [2.45, 2.75) is 57.0 Å². The van der Waals surface area contributed by atoms with E-state index < -0.39 is 11.4 Å². The van der Waals surface area contributed by atoms with E-state index in [-0.39, 0.29) is 23.4 Å². The smallest absolute Gasteiger partial charge is 0.168 e. The number of aliphatic hydroxyl groups is 2. The minimum absolute atomic E-state index is 0.00850. The summed E-state index contributed by atoms with van der Waals surface area (Å²) in [6.07, 6.45) is 4.98. The van der Waals surface area contributed by atoms with E-state index >= 15 is 0 Å². The van der Waals surface area contributed by atoms with Gasteiger partial charge in [0.15, 0.2) is 5.79 Å². The van der Waals surface area contributed by atoms with Gasteiger partial charge in [0.1, 0.15) is 0 Å². The molecule has 2 bridgehead atoms. The van der Waals surface area contributed by atoms with Crippen LogP contribution in [0.4, 0.5) is 0 Å². The highest BCUT2D eigenvalue weighted by molar-refractivity contribution is 5.27. The normalized spacial score (nSPS) is 59.6. The van der Waals surface area contributed by atoms with E-state index in [9.17, 15) is 10.2 Å². The maximum Gasteiger partial charge on any atom is 0.168 e. The number of rotatable bonds is 0. The van der Waals surface area contributed by atoms with Crippen LogP contribution >= 0.6 is 0 Å². The molecule has 5 atom stereocenters. The molecule has 19 heavy (non-hydrogen) atoms. The van der Waals surface area contributed by atoms with Gasteiger partial charge in [-0.3, -0.25) is 0 Å². The summed E-state index contributed by atoms with van der Waals surface area (Å²) in [5.74, 6) is -1.16. The van der Waals surface area contributed by atoms with Gasteiger partial charge in [0.25, 0.3) is 0 Å². The SMILES string of the molecule is CC1=CC2OC[C@]3(O)C[C@@]4(O)C[C@]3(C)[C@]2(CC1)CO4. The lowest BCUT2D eigenvalue weighted by Crippen LogP contribution is -2.67. The summed E-state index contributed by atoms with van der Waals surface area (Å²) in [5.41, 5.74) is -0.132. The monoisotopic (exact) mass is 266 g/mol. The fourth-order valence-corrected chi connectivity index (χ4v) is 5.05. The van der Waals surface area contributed by atoms with Gasteiger partial charge >= 0.3 is 0 Å². The summed E-state index contributed by atoms with van der Waals surface area (Å²) in [6.45, 7) is 5.04. The Hall–Kier alpha value is -0.420. The van der Waals surface area contributed by atoms with Crippen LogP contribution in [0.15, 0.2) is 11.6 Å². The first-order valence-corrected chi connectivity index (χ1v) is 7.20. The summed E-state index contributed by atoms with van der Waals surface area (Å²) >= 11 is 0. The Morgan fingerprint density at radius 3 is 2.84 bits per heavy atom. The van der Waals surface area contributed by atoms with E-state index in [1.54, 1.807) is 0 Å². The fraction of sp³-hybridized carbons (Fsp3) is 0.867. The van der Waals surface area contributed by atoms with Crippen LogP contribution < -0.4 is 0 Å². The van der Waals surface area contributed by atoms with Crippen molar-refractivity contribution in [1.82, 2.24) is 0 Å². The molecule has 1 unspecified atom stereocenters. The summed E-state index contributed by atoms with van der Waals surface area (Å²) in [6, 6.07) is 0. The average molecular weight is 266 g/mol. The highest BCUT2D eigenvalue weighted by Gasteiger charge is 2.75. The van der Waals surface area contributed by atoms with Crippen molar-refractivity contribution in [3.8, 4) is 0 Å². The minimum Gasteiger partial charge on any atom is -0.387 e. The van der Waals surface area contributed by atoms with Gasteiger partial charge in [-0.15, -0.1) is 0 Å². The van der Waals surface area contributed by atoms with Crippen molar-refractivity contribution in [3.05, 3.63) is 11.6 Å². The molecule has 0 aromatic heterocycles. The van der Waals surface area contributed by atoms with Gasteiger partial charge in [0.2, 0.25) is 0 Å². The zero-order valence-electron chi connectivity index (χ0n) is 11.6. The molecule has 1 spiro atoms. The van der Waals surface area contributed by atoms with Crippen LogP contribution in [0.1, 0.15) is 39.5 Å². The molecule has 2 aliphatic heterocycles. The van der Waals surface area contributed by atoms with Crippen molar-refractivity contribution in [1.29, 1.82) is 0 Å². The quantitative estimate of drug-likeness (QED) is 0.650. The summed E-state index contributed by atoms with van der Waals surface area (Å²) < 4.78 is 11.8. The fourth-order valence-electron chi connectivity index (χ4n) is 5.05. The zero-order chi connectivity index (χ0) is 13.5. The van der Waals surface area contributed by atoms with Crippen molar-refractivity contribution < 1.29 is 19.7 Å². The topological polar surface area (TPSA) is 58.9 Å². The van der Waals surface area contributed by atoms with E-state index in [1.165, 1.54) is 5.57 Å². The first-order chi connectivity index (χ1) is 8.83. The molecule has 4 rings (SSSR count). The van der Waals surface area contributed by atoms with E-state index in [0.717, 1.165) is 12.8 Å². The Balaban J connectivity index is 1.88. The van der Waals surface area contributed by atoms with Crippen LogP contribution in [0.5, 0.6) is 0 Å². The molecule has 3 fully saturated rings. The van der Waals surface area contributed by atoms with Crippen LogP contribution in [-0.4, -0.2) is 40.9 Å². The van der Waals surface area contributed by atoms with Gasteiger partial charge < -0.3 is 19.7 Å². The second-order valence-corrected chi connectivity index (χ2v) is 7.35. The third-order valence-corrected chi connectivity index (χ3v) is 6.37. The Morgan fingerprint density at radius 1 is 1.26 bits per heavy atom. The van der Waals surface area contributed by atoms with Crippen molar-refractivity contribution >= 4 is 0 Å². The number of hydrogen-bond acceptors (Lipinski definition) is 4. The molecule has 0 aromatic rings. The minimum atomic E-state index is -1.16. The molecule has 4 aliphatic rings. The second-order valence-electron chi connectivity index (χ2n) is 7.35. The lowest BCUT2D eigenvalue weighted by Gasteiger charge is -2.61. The van der Waals surface area contributed by atoms with Crippen LogP contribution in [0.2, 0.25) is 0 Å². The lowest BCUT2D eigenvalue weighted by atomic mass is 9.50. The molecular weight excluding hydrogens is 244 g/mol. The third kappa shape index (κ3) is 1.24. The molecule has 2 aliphatic carbocycles. The molecule has 4 heteroatoms. The van der Waals surface area contributed by atoms with Crippen LogP contribution in [0, 0.1) is 10.8 Å². The molecular formula is C15H22O4. The molecule has 106 valence electrons. The second kappa shape index (κ2) is 3.25. The first kappa shape index (κ1) is 12.3. The van der Waals surface area contributed by atoms with Crippen LogP contribution in [-0.2, 0) is 9.47 Å². The molecule has 4 nitrogen and oxygen atoms in total. The highest BCUT2D eigenvalue weighted by atomic mass is 16.6. The maximum atomic E-state index is 11.0. The largest absolute Gasteiger partial charge is 0.387 e. The maximum absolute atomic E-state index is 11.0. The summed E-state index contributed by atoms with van der Waals surface area (Å²) in [7, 11) is 0. The summed E-state index contributed by atoms with van der Waals surface area (Å²) in [5, 5.41) is 21.5. The number of allylic oxidation sites excluding steroid dienone is 1.